The van der Waals surface area contributed by atoms with Gasteiger partial charge in [0, 0.05) is 29.1 Å². The zero-order valence-corrected chi connectivity index (χ0v) is 19.9. The lowest BCUT2D eigenvalue weighted by molar-refractivity contribution is -0.385. The first-order valence-electron chi connectivity index (χ1n) is 9.40. The lowest BCUT2D eigenvalue weighted by atomic mass is 10.1. The van der Waals surface area contributed by atoms with Crippen molar-refractivity contribution < 1.29 is 24.0 Å². The van der Waals surface area contributed by atoms with Crippen LogP contribution in [0.1, 0.15) is 25.7 Å². The maximum absolute atomic E-state index is 12.7. The van der Waals surface area contributed by atoms with E-state index in [9.17, 15) is 19.7 Å². The van der Waals surface area contributed by atoms with Gasteiger partial charge in [-0.3, -0.25) is 25.0 Å². The van der Waals surface area contributed by atoms with Gasteiger partial charge in [0.2, 0.25) is 5.13 Å². The van der Waals surface area contributed by atoms with Gasteiger partial charge < -0.3 is 14.8 Å². The fraction of sp³-hybridized carbons (Fsp3) is 0.200. The second-order valence-corrected chi connectivity index (χ2v) is 8.43. The highest BCUT2D eigenvalue weighted by Crippen LogP contribution is 2.35. The topological polar surface area (TPSA) is 146 Å². The van der Waals surface area contributed by atoms with E-state index in [1.807, 2.05) is 6.07 Å². The molecule has 0 aliphatic heterocycles. The second kappa shape index (κ2) is 10.8. The van der Waals surface area contributed by atoms with Crippen LogP contribution in [0.25, 0.3) is 0 Å². The Balaban J connectivity index is 1.64. The first kappa shape index (κ1) is 24.1. The maximum Gasteiger partial charge on any atom is 0.286 e. The number of halogens is 1. The third-order valence-electron chi connectivity index (χ3n) is 4.34. The lowest BCUT2D eigenvalue weighted by Gasteiger charge is -2.10. The Labute approximate surface area is 200 Å². The Kier molecular flexibility index (Phi) is 7.90. The molecule has 0 saturated carbocycles. The van der Waals surface area contributed by atoms with Crippen LogP contribution in [-0.4, -0.2) is 47.7 Å². The zero-order valence-electron chi connectivity index (χ0n) is 17.5. The van der Waals surface area contributed by atoms with Gasteiger partial charge in [0.1, 0.15) is 10.6 Å². The average Bonchev–Trinajstić information content (AvgIpc) is 3.24. The van der Waals surface area contributed by atoms with Gasteiger partial charge in [-0.25, -0.2) is 0 Å². The molecule has 0 bridgehead atoms. The molecule has 3 aromatic rings. The number of nitro benzene ring substituents is 1. The molecule has 1 aromatic heterocycles. The zero-order chi connectivity index (χ0) is 24.0. The molecule has 11 nitrogen and oxygen atoms in total. The van der Waals surface area contributed by atoms with E-state index in [1.54, 1.807) is 18.2 Å². The number of rotatable bonds is 9. The number of hydrogen-bond acceptors (Lipinski definition) is 9. The summed E-state index contributed by atoms with van der Waals surface area (Å²) < 4.78 is 11.0. The molecule has 2 aromatic carbocycles. The average molecular weight is 536 g/mol. The highest BCUT2D eigenvalue weighted by Gasteiger charge is 2.25. The Bertz CT molecular complexity index is 1200. The van der Waals surface area contributed by atoms with Crippen molar-refractivity contribution in [2.24, 2.45) is 0 Å². The van der Waals surface area contributed by atoms with Crippen molar-refractivity contribution >= 4 is 49.9 Å². The maximum atomic E-state index is 12.7. The summed E-state index contributed by atoms with van der Waals surface area (Å²) in [7, 11) is 2.70. The van der Waals surface area contributed by atoms with E-state index in [4.69, 9.17) is 9.47 Å². The van der Waals surface area contributed by atoms with Crippen molar-refractivity contribution in [1.82, 2.24) is 15.5 Å². The fourth-order valence-corrected chi connectivity index (χ4v) is 3.92. The van der Waals surface area contributed by atoms with Gasteiger partial charge in [0.05, 0.1) is 25.2 Å². The molecular weight excluding hydrogens is 518 g/mol. The van der Waals surface area contributed by atoms with Crippen LogP contribution in [-0.2, 0) is 6.42 Å². The minimum Gasteiger partial charge on any atom is -0.493 e. The number of amides is 2. The van der Waals surface area contributed by atoms with Gasteiger partial charge in [0.15, 0.2) is 11.5 Å². The molecule has 2 amide bonds. The van der Waals surface area contributed by atoms with Gasteiger partial charge in [-0.1, -0.05) is 33.3 Å². The molecule has 0 spiro atoms. The van der Waals surface area contributed by atoms with Crippen molar-refractivity contribution in [3.63, 3.8) is 0 Å². The summed E-state index contributed by atoms with van der Waals surface area (Å²) in [6.07, 6.45) is 0.393. The van der Waals surface area contributed by atoms with E-state index in [1.165, 1.54) is 20.3 Å². The number of nitro groups is 1. The SMILES string of the molecule is COc1cc(C(=O)Nc2nnc(CCNC(=O)c3cccc(Br)c3)s2)c([N+](=O)[O-])cc1OC. The van der Waals surface area contributed by atoms with Crippen molar-refractivity contribution in [1.29, 1.82) is 0 Å². The molecule has 2 N–H and O–H groups in total. The number of carbonyl (C=O) groups excluding carboxylic acids is 2. The molecule has 0 unspecified atom stereocenters. The van der Waals surface area contributed by atoms with Crippen LogP contribution >= 0.6 is 27.3 Å². The third-order valence-corrected chi connectivity index (χ3v) is 5.73. The molecule has 0 aliphatic rings. The first-order valence-corrected chi connectivity index (χ1v) is 11.0. The Morgan fingerprint density at radius 2 is 1.85 bits per heavy atom. The first-order chi connectivity index (χ1) is 15.8. The van der Waals surface area contributed by atoms with E-state index >= 15 is 0 Å². The molecule has 33 heavy (non-hydrogen) atoms. The summed E-state index contributed by atoms with van der Waals surface area (Å²) in [5, 5.41) is 25.3. The van der Waals surface area contributed by atoms with Crippen molar-refractivity contribution in [3.05, 3.63) is 67.1 Å². The number of methoxy groups -OCH3 is 2. The largest absolute Gasteiger partial charge is 0.493 e. The summed E-state index contributed by atoms with van der Waals surface area (Å²) in [5.74, 6) is -0.667. The minimum absolute atomic E-state index is 0.129. The smallest absolute Gasteiger partial charge is 0.286 e. The minimum atomic E-state index is -0.742. The number of benzene rings is 2. The molecule has 172 valence electrons. The van der Waals surface area contributed by atoms with Crippen LogP contribution in [0.3, 0.4) is 0 Å². The number of anilines is 1. The Morgan fingerprint density at radius 3 is 2.52 bits per heavy atom. The van der Waals surface area contributed by atoms with Gasteiger partial charge in [-0.15, -0.1) is 10.2 Å². The summed E-state index contributed by atoms with van der Waals surface area (Å²) in [4.78, 5) is 35.6. The summed E-state index contributed by atoms with van der Waals surface area (Å²) in [5.41, 5.74) is -0.132. The lowest BCUT2D eigenvalue weighted by Crippen LogP contribution is -2.25. The molecule has 3 rings (SSSR count). The van der Waals surface area contributed by atoms with Crippen LogP contribution in [0.2, 0.25) is 0 Å². The van der Waals surface area contributed by atoms with Crippen LogP contribution in [0.4, 0.5) is 10.8 Å². The Hall–Kier alpha value is -3.58. The second-order valence-electron chi connectivity index (χ2n) is 6.45. The van der Waals surface area contributed by atoms with Crippen molar-refractivity contribution in [2.45, 2.75) is 6.42 Å². The molecule has 0 fully saturated rings. The standard InChI is InChI=1S/C20H18BrN5O6S/c1-31-15-9-13(14(26(29)30)10-16(15)32-2)19(28)23-20-25-24-17(33-20)6-7-22-18(27)11-4-3-5-12(21)8-11/h3-5,8-10H,6-7H2,1-2H3,(H,22,27)(H,23,25,28). The highest BCUT2D eigenvalue weighted by molar-refractivity contribution is 9.10. The third kappa shape index (κ3) is 6.02. The van der Waals surface area contributed by atoms with Crippen LogP contribution in [0.5, 0.6) is 11.5 Å². The molecule has 0 radical (unpaired) electrons. The monoisotopic (exact) mass is 535 g/mol. The molecule has 13 heteroatoms. The predicted octanol–water partition coefficient (Wildman–Crippen LogP) is 3.45. The van der Waals surface area contributed by atoms with E-state index in [2.05, 4.69) is 36.8 Å². The summed E-state index contributed by atoms with van der Waals surface area (Å²) in [6, 6.07) is 9.35. The number of hydrogen-bond donors (Lipinski definition) is 2. The van der Waals surface area contributed by atoms with Crippen LogP contribution in [0.15, 0.2) is 40.9 Å². The van der Waals surface area contributed by atoms with Gasteiger partial charge in [-0.05, 0) is 18.2 Å². The van der Waals surface area contributed by atoms with Gasteiger partial charge >= 0.3 is 0 Å². The number of nitrogens with zero attached hydrogens (tertiary/aromatic N) is 3. The highest BCUT2D eigenvalue weighted by atomic mass is 79.9. The summed E-state index contributed by atoms with van der Waals surface area (Å²) in [6.45, 7) is 0.315. The Morgan fingerprint density at radius 1 is 1.12 bits per heavy atom. The summed E-state index contributed by atoms with van der Waals surface area (Å²) >= 11 is 4.42. The quantitative estimate of drug-likeness (QED) is 0.313. The van der Waals surface area contributed by atoms with Crippen LogP contribution in [0, 0.1) is 10.1 Å². The predicted molar refractivity (Wildman–Crippen MR) is 124 cm³/mol. The van der Waals surface area contributed by atoms with E-state index in [-0.39, 0.29) is 28.1 Å². The molecule has 1 heterocycles. The van der Waals surface area contributed by atoms with E-state index < -0.39 is 16.5 Å². The van der Waals surface area contributed by atoms with E-state index in [0.29, 0.717) is 23.5 Å². The molecule has 0 saturated heterocycles. The van der Waals surface area contributed by atoms with Gasteiger partial charge in [-0.2, -0.15) is 0 Å². The van der Waals surface area contributed by atoms with Crippen molar-refractivity contribution in [3.8, 4) is 11.5 Å². The molecular formula is C20H18BrN5O6S. The van der Waals surface area contributed by atoms with E-state index in [0.717, 1.165) is 21.9 Å². The fourth-order valence-electron chi connectivity index (χ4n) is 2.79. The molecule has 0 atom stereocenters. The number of ether oxygens (including phenoxy) is 2. The van der Waals surface area contributed by atoms with Crippen LogP contribution < -0.4 is 20.1 Å². The number of aromatic nitrogens is 2. The number of nitrogens with one attached hydrogen (secondary N) is 2. The van der Waals surface area contributed by atoms with Crippen molar-refractivity contribution in [2.75, 3.05) is 26.1 Å². The number of carbonyl (C=O) groups is 2. The normalized spacial score (nSPS) is 10.4. The molecule has 0 aliphatic carbocycles. The van der Waals surface area contributed by atoms with Gasteiger partial charge in [0.25, 0.3) is 17.5 Å².